The second-order valence-electron chi connectivity index (χ2n) is 7.90. The fourth-order valence-electron chi connectivity index (χ4n) is 2.97. The molecular weight excluding hydrogens is 404 g/mol. The number of aromatic amines is 1. The number of carboxylic acids is 1. The van der Waals surface area contributed by atoms with Crippen molar-refractivity contribution in [3.8, 4) is 5.69 Å². The van der Waals surface area contributed by atoms with Gasteiger partial charge in [0.05, 0.1) is 22.8 Å². The molecule has 0 unspecified atom stereocenters. The molecule has 0 saturated heterocycles. The van der Waals surface area contributed by atoms with Crippen LogP contribution in [0.5, 0.6) is 0 Å². The van der Waals surface area contributed by atoms with Crippen LogP contribution < -0.4 is 16.6 Å². The van der Waals surface area contributed by atoms with Crippen molar-refractivity contribution in [2.75, 3.05) is 0 Å². The Hall–Kier alpha value is -3.95. The molecule has 0 aliphatic rings. The standard InChI is InChI=1S/C21H22N4O6/c1-21(2,3)31-20(30)24-15(18(27)28)10-12-4-6-13(7-5-12)25-17(26)14-8-9-22-11-16(14)23-19(25)29/h4-9,11,15H,10H2,1-3H3,(H,23,29)(H,24,30)(H,27,28)/t15-/m0/s1. The number of aliphatic carboxylic acids is 1. The van der Waals surface area contributed by atoms with Crippen molar-refractivity contribution in [2.45, 2.75) is 38.8 Å². The number of benzene rings is 1. The number of H-pyrrole nitrogens is 1. The van der Waals surface area contributed by atoms with Crippen LogP contribution in [-0.2, 0) is 16.0 Å². The lowest BCUT2D eigenvalue weighted by Gasteiger charge is -2.22. The van der Waals surface area contributed by atoms with Crippen LogP contribution in [0.25, 0.3) is 16.6 Å². The van der Waals surface area contributed by atoms with Gasteiger partial charge in [0.15, 0.2) is 0 Å². The largest absolute Gasteiger partial charge is 0.480 e. The summed E-state index contributed by atoms with van der Waals surface area (Å²) in [6, 6.07) is 6.55. The first-order valence-electron chi connectivity index (χ1n) is 9.46. The average molecular weight is 426 g/mol. The minimum atomic E-state index is -1.22. The summed E-state index contributed by atoms with van der Waals surface area (Å²) < 4.78 is 6.09. The molecule has 3 N–H and O–H groups in total. The van der Waals surface area contributed by atoms with Crippen molar-refractivity contribution in [3.05, 3.63) is 69.1 Å². The first kappa shape index (κ1) is 21.8. The molecule has 3 rings (SSSR count). The second-order valence-corrected chi connectivity index (χ2v) is 7.90. The highest BCUT2D eigenvalue weighted by atomic mass is 16.6. The molecule has 0 fully saturated rings. The van der Waals surface area contributed by atoms with E-state index in [4.69, 9.17) is 4.74 Å². The van der Waals surface area contributed by atoms with Gasteiger partial charge in [0, 0.05) is 12.6 Å². The lowest BCUT2D eigenvalue weighted by atomic mass is 10.1. The molecule has 1 aromatic carbocycles. The van der Waals surface area contributed by atoms with E-state index in [9.17, 15) is 24.3 Å². The minimum absolute atomic E-state index is 0.0104. The Morgan fingerprint density at radius 2 is 1.87 bits per heavy atom. The zero-order valence-electron chi connectivity index (χ0n) is 17.2. The monoisotopic (exact) mass is 426 g/mol. The Morgan fingerprint density at radius 1 is 1.19 bits per heavy atom. The predicted molar refractivity (Wildman–Crippen MR) is 112 cm³/mol. The zero-order valence-corrected chi connectivity index (χ0v) is 17.2. The van der Waals surface area contributed by atoms with Crippen LogP contribution in [0.2, 0.25) is 0 Å². The molecule has 0 spiro atoms. The summed E-state index contributed by atoms with van der Waals surface area (Å²) in [7, 11) is 0. The van der Waals surface area contributed by atoms with E-state index in [-0.39, 0.29) is 6.42 Å². The molecule has 0 aliphatic carbocycles. The Kier molecular flexibility index (Phi) is 5.91. The average Bonchev–Trinajstić information content (AvgIpc) is 2.67. The highest BCUT2D eigenvalue weighted by molar-refractivity contribution is 5.80. The van der Waals surface area contributed by atoms with Gasteiger partial charge >= 0.3 is 17.8 Å². The van der Waals surface area contributed by atoms with Crippen molar-refractivity contribution in [1.82, 2.24) is 19.9 Å². The summed E-state index contributed by atoms with van der Waals surface area (Å²) in [6.45, 7) is 5.02. The molecule has 0 bridgehead atoms. The molecule has 1 amide bonds. The number of rotatable bonds is 5. The van der Waals surface area contributed by atoms with E-state index in [2.05, 4.69) is 15.3 Å². The van der Waals surface area contributed by atoms with Gasteiger partial charge in [0.2, 0.25) is 0 Å². The topological polar surface area (TPSA) is 143 Å². The summed E-state index contributed by atoms with van der Waals surface area (Å²) in [6.07, 6.45) is 2.01. The van der Waals surface area contributed by atoms with Gasteiger partial charge in [0.25, 0.3) is 5.56 Å². The van der Waals surface area contributed by atoms with Crippen molar-refractivity contribution in [2.24, 2.45) is 0 Å². The highest BCUT2D eigenvalue weighted by Gasteiger charge is 2.24. The Bertz CT molecular complexity index is 1240. The number of ether oxygens (including phenoxy) is 1. The van der Waals surface area contributed by atoms with E-state index in [1.54, 1.807) is 32.9 Å². The van der Waals surface area contributed by atoms with Gasteiger partial charge < -0.3 is 20.1 Å². The van der Waals surface area contributed by atoms with Gasteiger partial charge in [-0.2, -0.15) is 0 Å². The second kappa shape index (κ2) is 8.42. The summed E-state index contributed by atoms with van der Waals surface area (Å²) in [5, 5.41) is 12.1. The van der Waals surface area contributed by atoms with Crippen molar-refractivity contribution < 1.29 is 19.4 Å². The number of aromatic nitrogens is 3. The number of carboxylic acid groups (broad SMARTS) is 1. The number of carbonyl (C=O) groups is 2. The van der Waals surface area contributed by atoms with Crippen molar-refractivity contribution in [1.29, 1.82) is 0 Å². The molecule has 3 aromatic rings. The van der Waals surface area contributed by atoms with Crippen LogP contribution in [0.1, 0.15) is 26.3 Å². The van der Waals surface area contributed by atoms with E-state index in [1.165, 1.54) is 30.6 Å². The molecule has 0 aliphatic heterocycles. The first-order chi connectivity index (χ1) is 14.5. The molecule has 0 radical (unpaired) electrons. The molecule has 31 heavy (non-hydrogen) atoms. The van der Waals surface area contributed by atoms with Crippen molar-refractivity contribution >= 4 is 23.0 Å². The number of amides is 1. The molecule has 1 atom stereocenters. The lowest BCUT2D eigenvalue weighted by molar-refractivity contribution is -0.139. The molecular formula is C21H22N4O6. The van der Waals surface area contributed by atoms with Crippen LogP contribution in [0.3, 0.4) is 0 Å². The maximum atomic E-state index is 12.7. The lowest BCUT2D eigenvalue weighted by Crippen LogP contribution is -2.44. The number of hydrogen-bond acceptors (Lipinski definition) is 6. The summed E-state index contributed by atoms with van der Waals surface area (Å²) in [4.78, 5) is 55.0. The van der Waals surface area contributed by atoms with Gasteiger partial charge in [-0.3, -0.25) is 9.78 Å². The Labute approximate surface area is 176 Å². The number of fused-ring (bicyclic) bond motifs is 1. The van der Waals surface area contributed by atoms with E-state index in [0.29, 0.717) is 22.2 Å². The Balaban J connectivity index is 1.84. The van der Waals surface area contributed by atoms with Crippen molar-refractivity contribution in [3.63, 3.8) is 0 Å². The third-order valence-corrected chi connectivity index (χ3v) is 4.32. The fraction of sp³-hybridized carbons (Fsp3) is 0.286. The van der Waals surface area contributed by atoms with Gasteiger partial charge in [-0.1, -0.05) is 12.1 Å². The van der Waals surface area contributed by atoms with Crippen LogP contribution in [0.4, 0.5) is 4.79 Å². The maximum Gasteiger partial charge on any atom is 0.408 e. The van der Waals surface area contributed by atoms with Crippen LogP contribution in [-0.4, -0.2) is 43.3 Å². The quantitative estimate of drug-likeness (QED) is 0.562. The van der Waals surface area contributed by atoms with Crippen LogP contribution >= 0.6 is 0 Å². The fourth-order valence-corrected chi connectivity index (χ4v) is 2.97. The number of alkyl carbamates (subject to hydrolysis) is 1. The van der Waals surface area contributed by atoms with E-state index < -0.39 is 35.0 Å². The summed E-state index contributed by atoms with van der Waals surface area (Å²) >= 11 is 0. The van der Waals surface area contributed by atoms with E-state index in [1.807, 2.05) is 0 Å². The van der Waals surface area contributed by atoms with Crippen LogP contribution in [0.15, 0.2) is 52.3 Å². The van der Waals surface area contributed by atoms with Gasteiger partial charge in [-0.25, -0.2) is 19.0 Å². The highest BCUT2D eigenvalue weighted by Crippen LogP contribution is 2.12. The summed E-state index contributed by atoms with van der Waals surface area (Å²) in [5.41, 5.74) is -0.632. The molecule has 10 nitrogen and oxygen atoms in total. The number of pyridine rings is 1. The zero-order chi connectivity index (χ0) is 22.8. The maximum absolute atomic E-state index is 12.7. The van der Waals surface area contributed by atoms with E-state index in [0.717, 1.165) is 4.57 Å². The molecule has 2 aromatic heterocycles. The van der Waals surface area contributed by atoms with Gasteiger partial charge in [-0.05, 0) is 44.5 Å². The van der Waals surface area contributed by atoms with E-state index >= 15 is 0 Å². The molecule has 10 heteroatoms. The molecule has 0 saturated carbocycles. The predicted octanol–water partition coefficient (Wildman–Crippen LogP) is 1.59. The number of carbonyl (C=O) groups excluding carboxylic acids is 1. The third kappa shape index (κ3) is 5.16. The SMILES string of the molecule is CC(C)(C)OC(=O)N[C@@H](Cc1ccc(-n2c(=O)[nH]c3cnccc3c2=O)cc1)C(=O)O. The van der Waals surface area contributed by atoms with Gasteiger partial charge in [-0.15, -0.1) is 0 Å². The molecule has 2 heterocycles. The Morgan fingerprint density at radius 3 is 2.48 bits per heavy atom. The summed E-state index contributed by atoms with van der Waals surface area (Å²) in [5.74, 6) is -1.22. The normalized spacial score (nSPS) is 12.4. The minimum Gasteiger partial charge on any atom is -0.480 e. The number of nitrogens with one attached hydrogen (secondary N) is 2. The molecule has 162 valence electrons. The smallest absolute Gasteiger partial charge is 0.408 e. The number of nitrogens with zero attached hydrogens (tertiary/aromatic N) is 2. The third-order valence-electron chi connectivity index (χ3n) is 4.32. The first-order valence-corrected chi connectivity index (χ1v) is 9.46. The van der Waals surface area contributed by atoms with Gasteiger partial charge in [0.1, 0.15) is 11.6 Å². The number of hydrogen-bond donors (Lipinski definition) is 3. The van der Waals surface area contributed by atoms with Crippen LogP contribution in [0, 0.1) is 0 Å².